The van der Waals surface area contributed by atoms with Crippen LogP contribution in [0.25, 0.3) is 0 Å². The van der Waals surface area contributed by atoms with Crippen LogP contribution in [0.3, 0.4) is 0 Å². The average molecular weight is 259 g/mol. The highest BCUT2D eigenvalue weighted by atomic mass is 16.7. The first-order valence-corrected chi connectivity index (χ1v) is 7.06. The van der Waals surface area contributed by atoms with Crippen molar-refractivity contribution in [2.24, 2.45) is 0 Å². The van der Waals surface area contributed by atoms with Gasteiger partial charge in [0.1, 0.15) is 0 Å². The Hall–Kier alpha value is -0.200. The van der Waals surface area contributed by atoms with Gasteiger partial charge in [-0.2, -0.15) is 0 Å². The molecule has 2 saturated heterocycles. The second-order valence-corrected chi connectivity index (χ2v) is 4.95. The second-order valence-electron chi connectivity index (χ2n) is 4.95. The van der Waals surface area contributed by atoms with Crippen molar-refractivity contribution in [3.8, 4) is 0 Å². The number of rotatable bonds is 6. The van der Waals surface area contributed by atoms with Crippen LogP contribution in [0.4, 0.5) is 0 Å². The summed E-state index contributed by atoms with van der Waals surface area (Å²) >= 11 is 0. The zero-order chi connectivity index (χ0) is 12.6. The molecule has 0 unspecified atom stereocenters. The van der Waals surface area contributed by atoms with Crippen molar-refractivity contribution >= 4 is 0 Å². The van der Waals surface area contributed by atoms with E-state index in [-0.39, 0.29) is 12.9 Å². The lowest BCUT2D eigenvalue weighted by molar-refractivity contribution is -0.183. The van der Waals surface area contributed by atoms with Gasteiger partial charge in [0, 0.05) is 26.1 Å². The number of nitrogens with zero attached hydrogens (tertiary/aromatic N) is 1. The molecule has 106 valence electrons. The van der Waals surface area contributed by atoms with Crippen LogP contribution in [0.2, 0.25) is 0 Å². The monoisotopic (exact) mass is 259 g/mol. The van der Waals surface area contributed by atoms with Gasteiger partial charge in [-0.25, -0.2) is 0 Å². The van der Waals surface area contributed by atoms with Crippen LogP contribution in [0.5, 0.6) is 0 Å². The fraction of sp³-hybridized carbons (Fsp3) is 1.00. The Morgan fingerprint density at radius 1 is 1.17 bits per heavy atom. The van der Waals surface area contributed by atoms with E-state index in [0.717, 1.165) is 58.5 Å². The Kier molecular flexibility index (Phi) is 6.37. The lowest BCUT2D eigenvalue weighted by atomic mass is 10.1. The van der Waals surface area contributed by atoms with Gasteiger partial charge in [0.25, 0.3) is 0 Å². The third kappa shape index (κ3) is 4.82. The minimum atomic E-state index is 0.00196. The summed E-state index contributed by atoms with van der Waals surface area (Å²) in [6.07, 6.45) is 4.43. The van der Waals surface area contributed by atoms with E-state index in [2.05, 4.69) is 4.90 Å². The minimum absolute atomic E-state index is 0.00196. The van der Waals surface area contributed by atoms with Crippen molar-refractivity contribution in [1.29, 1.82) is 0 Å². The number of piperidine rings is 1. The van der Waals surface area contributed by atoms with Gasteiger partial charge in [-0.15, -0.1) is 0 Å². The van der Waals surface area contributed by atoms with Gasteiger partial charge in [-0.1, -0.05) is 0 Å². The molecule has 0 aromatic rings. The molecule has 0 aromatic carbocycles. The molecule has 0 bridgehead atoms. The Bertz CT molecular complexity index is 213. The predicted octanol–water partition coefficient (Wildman–Crippen LogP) is 0.613. The largest absolute Gasteiger partial charge is 0.394 e. The first-order valence-electron chi connectivity index (χ1n) is 7.06. The Morgan fingerprint density at radius 3 is 2.56 bits per heavy atom. The molecule has 0 amide bonds. The fourth-order valence-electron chi connectivity index (χ4n) is 2.51. The van der Waals surface area contributed by atoms with Gasteiger partial charge < -0.3 is 24.2 Å². The van der Waals surface area contributed by atoms with Crippen molar-refractivity contribution in [3.05, 3.63) is 0 Å². The normalized spacial score (nSPS) is 24.5. The molecule has 2 aliphatic rings. The highest BCUT2D eigenvalue weighted by Gasteiger charge is 2.21. The Balaban J connectivity index is 1.55. The summed E-state index contributed by atoms with van der Waals surface area (Å²) in [5.41, 5.74) is 0. The van der Waals surface area contributed by atoms with Crippen LogP contribution in [0.1, 0.15) is 25.7 Å². The number of hydrogen-bond acceptors (Lipinski definition) is 5. The van der Waals surface area contributed by atoms with Crippen LogP contribution in [-0.2, 0) is 14.2 Å². The summed E-state index contributed by atoms with van der Waals surface area (Å²) in [5.74, 6) is 0. The third-order valence-electron chi connectivity index (χ3n) is 3.56. The summed E-state index contributed by atoms with van der Waals surface area (Å²) < 4.78 is 16.6. The maximum absolute atomic E-state index is 8.71. The van der Waals surface area contributed by atoms with Gasteiger partial charge in [-0.3, -0.25) is 0 Å². The molecule has 1 N–H and O–H groups in total. The predicted molar refractivity (Wildman–Crippen MR) is 67.4 cm³/mol. The molecule has 0 atom stereocenters. The van der Waals surface area contributed by atoms with E-state index >= 15 is 0 Å². The first kappa shape index (κ1) is 14.2. The molecule has 2 aliphatic heterocycles. The topological polar surface area (TPSA) is 51.2 Å². The van der Waals surface area contributed by atoms with E-state index in [4.69, 9.17) is 19.3 Å². The average Bonchev–Trinajstić information content (AvgIpc) is 2.45. The SMILES string of the molecule is OCCOC1CCN(CCC2OCCCO2)CC1. The molecular formula is C13H25NO4. The first-order chi connectivity index (χ1) is 8.88. The van der Waals surface area contributed by atoms with Crippen molar-refractivity contribution in [2.75, 3.05) is 46.1 Å². The molecular weight excluding hydrogens is 234 g/mol. The molecule has 0 aliphatic carbocycles. The van der Waals surface area contributed by atoms with Crippen molar-refractivity contribution in [3.63, 3.8) is 0 Å². The van der Waals surface area contributed by atoms with E-state index in [1.165, 1.54) is 0 Å². The van der Waals surface area contributed by atoms with E-state index in [1.54, 1.807) is 0 Å². The lowest BCUT2D eigenvalue weighted by Crippen LogP contribution is -2.39. The maximum atomic E-state index is 8.71. The quantitative estimate of drug-likeness (QED) is 0.757. The molecule has 0 radical (unpaired) electrons. The zero-order valence-corrected chi connectivity index (χ0v) is 11.1. The molecule has 2 heterocycles. The lowest BCUT2D eigenvalue weighted by Gasteiger charge is -2.33. The van der Waals surface area contributed by atoms with E-state index in [9.17, 15) is 0 Å². The highest BCUT2D eigenvalue weighted by molar-refractivity contribution is 4.73. The van der Waals surface area contributed by atoms with Crippen LogP contribution in [0, 0.1) is 0 Å². The van der Waals surface area contributed by atoms with Gasteiger partial charge in [0.15, 0.2) is 6.29 Å². The summed E-state index contributed by atoms with van der Waals surface area (Å²) in [6.45, 7) is 5.44. The van der Waals surface area contributed by atoms with Crippen LogP contribution in [0.15, 0.2) is 0 Å². The maximum Gasteiger partial charge on any atom is 0.158 e. The van der Waals surface area contributed by atoms with Gasteiger partial charge >= 0.3 is 0 Å². The molecule has 2 fully saturated rings. The molecule has 0 aromatic heterocycles. The van der Waals surface area contributed by atoms with Crippen LogP contribution < -0.4 is 0 Å². The fourth-order valence-corrected chi connectivity index (χ4v) is 2.51. The molecule has 0 spiro atoms. The minimum Gasteiger partial charge on any atom is -0.394 e. The number of hydrogen-bond donors (Lipinski definition) is 1. The number of likely N-dealkylation sites (tertiary alicyclic amines) is 1. The molecule has 18 heavy (non-hydrogen) atoms. The summed E-state index contributed by atoms with van der Waals surface area (Å²) in [6, 6.07) is 0. The zero-order valence-electron chi connectivity index (χ0n) is 11.1. The smallest absolute Gasteiger partial charge is 0.158 e. The van der Waals surface area contributed by atoms with Gasteiger partial charge in [-0.05, 0) is 19.3 Å². The third-order valence-corrected chi connectivity index (χ3v) is 3.56. The van der Waals surface area contributed by atoms with E-state index < -0.39 is 0 Å². The Morgan fingerprint density at radius 2 is 1.89 bits per heavy atom. The number of aliphatic hydroxyl groups is 1. The van der Waals surface area contributed by atoms with Crippen LogP contribution >= 0.6 is 0 Å². The van der Waals surface area contributed by atoms with Crippen LogP contribution in [-0.4, -0.2) is 68.5 Å². The van der Waals surface area contributed by atoms with Crippen molar-refractivity contribution in [2.45, 2.75) is 38.1 Å². The molecule has 2 rings (SSSR count). The molecule has 5 nitrogen and oxygen atoms in total. The molecule has 5 heteroatoms. The summed E-state index contributed by atoms with van der Waals surface area (Å²) in [7, 11) is 0. The van der Waals surface area contributed by atoms with Crippen molar-refractivity contribution < 1.29 is 19.3 Å². The highest BCUT2D eigenvalue weighted by Crippen LogP contribution is 2.15. The summed E-state index contributed by atoms with van der Waals surface area (Å²) in [5, 5.41) is 8.71. The number of ether oxygens (including phenoxy) is 3. The van der Waals surface area contributed by atoms with Gasteiger partial charge in [0.05, 0.1) is 32.5 Å². The van der Waals surface area contributed by atoms with E-state index in [1.807, 2.05) is 0 Å². The number of aliphatic hydroxyl groups excluding tert-OH is 1. The summed E-state index contributed by atoms with van der Waals surface area (Å²) in [4.78, 5) is 2.44. The van der Waals surface area contributed by atoms with Gasteiger partial charge in [0.2, 0.25) is 0 Å². The molecule has 0 saturated carbocycles. The second kappa shape index (κ2) is 8.07. The van der Waals surface area contributed by atoms with E-state index in [0.29, 0.717) is 12.7 Å². The Labute approximate surface area is 109 Å². The standard InChI is InChI=1S/C13H25NO4/c15-8-11-16-12-2-5-14(6-3-12)7-4-13-17-9-1-10-18-13/h12-13,15H,1-11H2. The van der Waals surface area contributed by atoms with Crippen molar-refractivity contribution in [1.82, 2.24) is 4.90 Å².